The van der Waals surface area contributed by atoms with Crippen molar-refractivity contribution < 1.29 is 0 Å². The zero-order chi connectivity index (χ0) is 11.0. The molecule has 5 heteroatoms. The molecule has 0 aromatic rings. The lowest BCUT2D eigenvalue weighted by Gasteiger charge is -2.17. The summed E-state index contributed by atoms with van der Waals surface area (Å²) in [6.45, 7) is 8.44. The highest BCUT2D eigenvalue weighted by atomic mass is 32.1. The summed E-state index contributed by atoms with van der Waals surface area (Å²) in [4.78, 5) is 3.15. The van der Waals surface area contributed by atoms with Crippen LogP contribution in [0.2, 0.25) is 0 Å². The Morgan fingerprint density at radius 3 is 2.29 bits per heavy atom. The summed E-state index contributed by atoms with van der Waals surface area (Å²) in [5.41, 5.74) is 5.35. The van der Waals surface area contributed by atoms with E-state index in [0.29, 0.717) is 4.99 Å². The molecule has 0 radical (unpaired) electrons. The first kappa shape index (κ1) is 13.7. The molecule has 3 N–H and O–H groups in total. The van der Waals surface area contributed by atoms with Crippen LogP contribution in [-0.2, 0) is 0 Å². The molecule has 3 nitrogen and oxygen atoms in total. The van der Waals surface area contributed by atoms with Crippen molar-refractivity contribution in [3.8, 4) is 0 Å². The number of hydrogen-bond acceptors (Lipinski definition) is 3. The molecule has 0 saturated heterocycles. The smallest absolute Gasteiger partial charge is 0.133 e. The largest absolute Gasteiger partial charge is 0.388 e. The minimum absolute atomic E-state index is 0.280. The Labute approximate surface area is 97.0 Å². The highest BCUT2D eigenvalue weighted by Gasteiger charge is 2.00. The third kappa shape index (κ3) is 6.23. The van der Waals surface area contributed by atoms with Crippen molar-refractivity contribution >= 4 is 34.4 Å². The van der Waals surface area contributed by atoms with Crippen molar-refractivity contribution in [2.24, 2.45) is 5.73 Å². The van der Waals surface area contributed by atoms with E-state index in [9.17, 15) is 0 Å². The number of thiocarbonyl (C=S) groups is 2. The SMILES string of the molecule is CCN(CC)CCCNC(=S)C(N)=S. The van der Waals surface area contributed by atoms with E-state index in [1.165, 1.54) is 0 Å². The molecular weight excluding hydrogens is 214 g/mol. The van der Waals surface area contributed by atoms with Crippen LogP contribution in [0.25, 0.3) is 0 Å². The monoisotopic (exact) mass is 233 g/mol. The molecule has 0 aromatic carbocycles. The van der Waals surface area contributed by atoms with Crippen molar-refractivity contribution in [3.05, 3.63) is 0 Å². The van der Waals surface area contributed by atoms with Gasteiger partial charge in [-0.15, -0.1) is 0 Å². The molecule has 0 fully saturated rings. The number of nitrogens with one attached hydrogen (secondary N) is 1. The number of nitrogens with zero attached hydrogens (tertiary/aromatic N) is 1. The molecule has 0 aliphatic carbocycles. The second kappa shape index (κ2) is 8.08. The molecule has 14 heavy (non-hydrogen) atoms. The maximum atomic E-state index is 5.35. The molecule has 0 heterocycles. The van der Waals surface area contributed by atoms with Crippen LogP contribution in [0, 0.1) is 0 Å². The Morgan fingerprint density at radius 1 is 1.29 bits per heavy atom. The molecule has 0 saturated carbocycles. The van der Waals surface area contributed by atoms with Crippen LogP contribution in [0.3, 0.4) is 0 Å². The third-order valence-corrected chi connectivity index (χ3v) is 2.75. The Bertz CT molecular complexity index is 190. The lowest BCUT2D eigenvalue weighted by Crippen LogP contribution is -2.35. The minimum atomic E-state index is 0.280. The normalized spacial score (nSPS) is 10.2. The molecule has 0 aliphatic rings. The van der Waals surface area contributed by atoms with Crippen LogP contribution < -0.4 is 11.1 Å². The second-order valence-electron chi connectivity index (χ2n) is 3.00. The predicted octanol–water partition coefficient (Wildman–Crippen LogP) is 0.921. The van der Waals surface area contributed by atoms with Gasteiger partial charge in [-0.3, -0.25) is 0 Å². The lowest BCUT2D eigenvalue weighted by atomic mass is 10.3. The summed E-state index contributed by atoms with van der Waals surface area (Å²) in [6.07, 6.45) is 1.06. The molecule has 0 aromatic heterocycles. The Balaban J connectivity index is 3.46. The first-order valence-corrected chi connectivity index (χ1v) is 5.73. The van der Waals surface area contributed by atoms with E-state index in [4.69, 9.17) is 30.2 Å². The van der Waals surface area contributed by atoms with Gasteiger partial charge in [-0.25, -0.2) is 0 Å². The van der Waals surface area contributed by atoms with Crippen molar-refractivity contribution in [1.29, 1.82) is 0 Å². The maximum Gasteiger partial charge on any atom is 0.133 e. The van der Waals surface area contributed by atoms with Crippen LogP contribution in [0.4, 0.5) is 0 Å². The fraction of sp³-hybridized carbons (Fsp3) is 0.778. The van der Waals surface area contributed by atoms with Gasteiger partial charge in [0.25, 0.3) is 0 Å². The van der Waals surface area contributed by atoms with Crippen molar-refractivity contribution in [1.82, 2.24) is 10.2 Å². The number of hydrogen-bond donors (Lipinski definition) is 2. The van der Waals surface area contributed by atoms with Crippen molar-refractivity contribution in [2.75, 3.05) is 26.2 Å². The zero-order valence-electron chi connectivity index (χ0n) is 8.88. The first-order chi connectivity index (χ1) is 6.61. The molecule has 0 amide bonds. The summed E-state index contributed by atoms with van der Waals surface area (Å²) in [7, 11) is 0. The molecule has 0 unspecified atom stereocenters. The number of nitrogens with two attached hydrogens (primary N) is 1. The summed E-state index contributed by atoms with van der Waals surface area (Å²) in [5, 5.41) is 3.02. The van der Waals surface area contributed by atoms with Crippen LogP contribution >= 0.6 is 24.4 Å². The summed E-state index contributed by atoms with van der Waals surface area (Å²) >= 11 is 9.65. The Kier molecular flexibility index (Phi) is 7.93. The first-order valence-electron chi connectivity index (χ1n) is 4.91. The summed E-state index contributed by atoms with van der Waals surface area (Å²) in [5.74, 6) is 0. The third-order valence-electron chi connectivity index (χ3n) is 2.05. The quantitative estimate of drug-likeness (QED) is 0.527. The van der Waals surface area contributed by atoms with Crippen LogP contribution in [0.1, 0.15) is 20.3 Å². The van der Waals surface area contributed by atoms with Gasteiger partial charge in [0.15, 0.2) is 0 Å². The van der Waals surface area contributed by atoms with Gasteiger partial charge in [-0.05, 0) is 26.1 Å². The van der Waals surface area contributed by atoms with Crippen LogP contribution in [0.15, 0.2) is 0 Å². The fourth-order valence-corrected chi connectivity index (χ4v) is 1.31. The average molecular weight is 233 g/mol. The molecule has 0 atom stereocenters. The number of rotatable bonds is 6. The van der Waals surface area contributed by atoms with Gasteiger partial charge >= 0.3 is 0 Å². The Hall–Kier alpha value is -0.260. The Morgan fingerprint density at radius 2 is 1.86 bits per heavy atom. The molecule has 0 aliphatic heterocycles. The maximum absolute atomic E-state index is 5.35. The van der Waals surface area contributed by atoms with E-state index in [-0.39, 0.29) is 4.99 Å². The van der Waals surface area contributed by atoms with E-state index in [1.807, 2.05) is 0 Å². The van der Waals surface area contributed by atoms with E-state index < -0.39 is 0 Å². The van der Waals surface area contributed by atoms with Gasteiger partial charge in [0.2, 0.25) is 0 Å². The van der Waals surface area contributed by atoms with E-state index in [1.54, 1.807) is 0 Å². The molecule has 0 spiro atoms. The van der Waals surface area contributed by atoms with Gasteiger partial charge in [-0.1, -0.05) is 38.3 Å². The zero-order valence-corrected chi connectivity index (χ0v) is 10.5. The highest BCUT2D eigenvalue weighted by molar-refractivity contribution is 7.89. The van der Waals surface area contributed by atoms with Crippen LogP contribution in [0.5, 0.6) is 0 Å². The van der Waals surface area contributed by atoms with E-state index >= 15 is 0 Å². The van der Waals surface area contributed by atoms with E-state index in [2.05, 4.69) is 24.1 Å². The standard InChI is InChI=1S/C9H19N3S2/c1-3-12(4-2)7-5-6-11-9(14)8(10)13/h3-7H2,1-2H3,(H2,10,13)(H,11,14). The molecular formula is C9H19N3S2. The van der Waals surface area contributed by atoms with Gasteiger partial charge in [0.05, 0.1) is 0 Å². The van der Waals surface area contributed by atoms with Gasteiger partial charge in [0, 0.05) is 6.54 Å². The second-order valence-corrected chi connectivity index (χ2v) is 3.85. The van der Waals surface area contributed by atoms with Gasteiger partial charge in [-0.2, -0.15) is 0 Å². The van der Waals surface area contributed by atoms with E-state index in [0.717, 1.165) is 32.6 Å². The topological polar surface area (TPSA) is 41.3 Å². The molecule has 82 valence electrons. The predicted molar refractivity (Wildman–Crippen MR) is 69.8 cm³/mol. The minimum Gasteiger partial charge on any atom is -0.388 e. The van der Waals surface area contributed by atoms with Crippen LogP contribution in [-0.4, -0.2) is 41.1 Å². The van der Waals surface area contributed by atoms with Crippen molar-refractivity contribution in [2.45, 2.75) is 20.3 Å². The molecule has 0 bridgehead atoms. The van der Waals surface area contributed by atoms with Gasteiger partial charge < -0.3 is 16.0 Å². The summed E-state index contributed by atoms with van der Waals surface area (Å²) < 4.78 is 0. The van der Waals surface area contributed by atoms with Gasteiger partial charge in [0.1, 0.15) is 9.98 Å². The highest BCUT2D eigenvalue weighted by Crippen LogP contribution is 1.89. The summed E-state index contributed by atoms with van der Waals surface area (Å²) in [6, 6.07) is 0. The average Bonchev–Trinajstić information content (AvgIpc) is 2.17. The fourth-order valence-electron chi connectivity index (χ4n) is 1.13. The lowest BCUT2D eigenvalue weighted by molar-refractivity contribution is 0.300. The van der Waals surface area contributed by atoms with Crippen molar-refractivity contribution in [3.63, 3.8) is 0 Å². The molecule has 0 rings (SSSR count).